The molecule has 1 amide bonds. The van der Waals surface area contributed by atoms with E-state index in [0.29, 0.717) is 12.0 Å². The number of rotatable bonds is 0. The van der Waals surface area contributed by atoms with Crippen molar-refractivity contribution in [2.24, 2.45) is 0 Å². The summed E-state index contributed by atoms with van der Waals surface area (Å²) in [5, 5.41) is 2.43. The molecule has 1 aliphatic heterocycles. The molecule has 0 aromatic heterocycles. The molecular weight excluding hydrogens is 256 g/mol. The first-order valence-electron chi connectivity index (χ1n) is 4.06. The number of hydrogen-bond donors (Lipinski definition) is 1. The number of benzene rings is 1. The zero-order chi connectivity index (χ0) is 10.3. The molecule has 2 rings (SSSR count). The first-order chi connectivity index (χ1) is 6.59. The molecule has 0 saturated heterocycles. The van der Waals surface area contributed by atoms with Gasteiger partial charge in [-0.1, -0.05) is 0 Å². The molecule has 0 saturated carbocycles. The van der Waals surface area contributed by atoms with Crippen molar-refractivity contribution in [1.29, 1.82) is 0 Å². The normalized spacial score (nSPS) is 14.9. The van der Waals surface area contributed by atoms with E-state index in [-0.39, 0.29) is 22.5 Å². The van der Waals surface area contributed by atoms with Gasteiger partial charge in [-0.05, 0) is 28.4 Å². The lowest BCUT2D eigenvalue weighted by Crippen LogP contribution is -2.20. The summed E-state index contributed by atoms with van der Waals surface area (Å²) in [6.07, 6.45) is 0.549. The third kappa shape index (κ3) is 1.41. The van der Waals surface area contributed by atoms with Gasteiger partial charge in [0.1, 0.15) is 11.6 Å². The molecule has 1 aromatic carbocycles. The van der Waals surface area contributed by atoms with Crippen molar-refractivity contribution < 1.29 is 13.6 Å². The Balaban J connectivity index is 2.59. The second-order valence-corrected chi connectivity index (χ2v) is 3.85. The van der Waals surface area contributed by atoms with E-state index in [9.17, 15) is 13.6 Å². The van der Waals surface area contributed by atoms with Crippen LogP contribution in [-0.2, 0) is 11.2 Å². The highest BCUT2D eigenvalue weighted by atomic mass is 79.9. The minimum atomic E-state index is -0.705. The molecule has 1 aromatic rings. The van der Waals surface area contributed by atoms with Crippen LogP contribution in [0.2, 0.25) is 0 Å². The number of fused-ring (bicyclic) bond motifs is 1. The SMILES string of the molecule is O=C1CCc2c(cc(F)c(Br)c2F)N1. The number of amides is 1. The standard InChI is InChI=1S/C9H6BrF2NO/c10-8-5(11)3-6-4(9(8)12)1-2-7(14)13-6/h3H,1-2H2,(H,13,14). The van der Waals surface area contributed by atoms with Gasteiger partial charge in [0.05, 0.1) is 4.47 Å². The maximum Gasteiger partial charge on any atom is 0.224 e. The van der Waals surface area contributed by atoms with E-state index >= 15 is 0 Å². The number of carbonyl (C=O) groups is 1. The maximum absolute atomic E-state index is 13.4. The van der Waals surface area contributed by atoms with E-state index in [1.165, 1.54) is 0 Å². The quantitative estimate of drug-likeness (QED) is 0.715. The molecule has 1 N–H and O–H groups in total. The summed E-state index contributed by atoms with van der Waals surface area (Å²) in [5.41, 5.74) is 0.595. The Bertz CT molecular complexity index is 420. The van der Waals surface area contributed by atoms with Crippen LogP contribution in [0, 0.1) is 11.6 Å². The molecular formula is C9H6BrF2NO. The fraction of sp³-hybridized carbons (Fsp3) is 0.222. The van der Waals surface area contributed by atoms with Gasteiger partial charge in [-0.2, -0.15) is 0 Å². The first-order valence-corrected chi connectivity index (χ1v) is 4.85. The fourth-order valence-electron chi connectivity index (χ4n) is 1.44. The van der Waals surface area contributed by atoms with E-state index < -0.39 is 11.6 Å². The van der Waals surface area contributed by atoms with Gasteiger partial charge in [-0.3, -0.25) is 4.79 Å². The molecule has 0 unspecified atom stereocenters. The van der Waals surface area contributed by atoms with Gasteiger partial charge in [-0.25, -0.2) is 8.78 Å². The zero-order valence-electron chi connectivity index (χ0n) is 7.03. The van der Waals surface area contributed by atoms with E-state index in [4.69, 9.17) is 0 Å². The second kappa shape index (κ2) is 3.31. The first kappa shape index (κ1) is 9.58. The second-order valence-electron chi connectivity index (χ2n) is 3.06. The van der Waals surface area contributed by atoms with Crippen molar-refractivity contribution in [2.75, 3.05) is 5.32 Å². The van der Waals surface area contributed by atoms with E-state index in [0.717, 1.165) is 6.07 Å². The number of halogens is 3. The minimum absolute atomic E-state index is 0.174. The molecule has 0 bridgehead atoms. The highest BCUT2D eigenvalue weighted by molar-refractivity contribution is 9.10. The summed E-state index contributed by atoms with van der Waals surface area (Å²) < 4.78 is 26.3. The molecule has 0 fully saturated rings. The average molecular weight is 262 g/mol. The Morgan fingerprint density at radius 2 is 2.07 bits per heavy atom. The lowest BCUT2D eigenvalue weighted by atomic mass is 10.0. The van der Waals surface area contributed by atoms with Crippen LogP contribution < -0.4 is 5.32 Å². The summed E-state index contributed by atoms with van der Waals surface area (Å²) in [6, 6.07) is 1.12. The van der Waals surface area contributed by atoms with Crippen molar-refractivity contribution >= 4 is 27.5 Å². The smallest absolute Gasteiger partial charge is 0.224 e. The van der Waals surface area contributed by atoms with Crippen molar-refractivity contribution in [2.45, 2.75) is 12.8 Å². The molecule has 5 heteroatoms. The van der Waals surface area contributed by atoms with Gasteiger partial charge >= 0.3 is 0 Å². The lowest BCUT2D eigenvalue weighted by molar-refractivity contribution is -0.116. The zero-order valence-corrected chi connectivity index (χ0v) is 8.62. The summed E-state index contributed by atoms with van der Waals surface area (Å²) in [6.45, 7) is 0. The Labute approximate surface area is 87.4 Å². The molecule has 0 spiro atoms. The number of anilines is 1. The van der Waals surface area contributed by atoms with Crippen molar-refractivity contribution in [1.82, 2.24) is 0 Å². The number of nitrogens with one attached hydrogen (secondary N) is 1. The van der Waals surface area contributed by atoms with Crippen LogP contribution in [0.15, 0.2) is 10.5 Å². The van der Waals surface area contributed by atoms with Crippen LogP contribution in [-0.4, -0.2) is 5.91 Å². The summed E-state index contributed by atoms with van der Waals surface area (Å²) in [4.78, 5) is 11.0. The van der Waals surface area contributed by atoms with Crippen LogP contribution in [0.25, 0.3) is 0 Å². The van der Waals surface area contributed by atoms with E-state index in [1.807, 2.05) is 0 Å². The Hall–Kier alpha value is -0.970. The van der Waals surface area contributed by atoms with Crippen LogP contribution in [0.1, 0.15) is 12.0 Å². The number of carbonyl (C=O) groups excluding carboxylic acids is 1. The molecule has 74 valence electrons. The minimum Gasteiger partial charge on any atom is -0.326 e. The number of hydrogen-bond acceptors (Lipinski definition) is 1. The van der Waals surface area contributed by atoms with Crippen molar-refractivity contribution in [3.05, 3.63) is 27.7 Å². The van der Waals surface area contributed by atoms with Crippen LogP contribution in [0.5, 0.6) is 0 Å². The molecule has 1 aliphatic rings. The molecule has 0 radical (unpaired) electrons. The van der Waals surface area contributed by atoms with Gasteiger partial charge in [0.15, 0.2) is 0 Å². The molecule has 0 aliphatic carbocycles. The monoisotopic (exact) mass is 261 g/mol. The van der Waals surface area contributed by atoms with Gasteiger partial charge in [-0.15, -0.1) is 0 Å². The Morgan fingerprint density at radius 1 is 1.36 bits per heavy atom. The van der Waals surface area contributed by atoms with Gasteiger partial charge in [0.2, 0.25) is 5.91 Å². The molecule has 0 atom stereocenters. The largest absolute Gasteiger partial charge is 0.326 e. The van der Waals surface area contributed by atoms with Crippen LogP contribution in [0.4, 0.5) is 14.5 Å². The summed E-state index contributed by atoms with van der Waals surface area (Å²) in [7, 11) is 0. The molecule has 1 heterocycles. The van der Waals surface area contributed by atoms with E-state index in [1.54, 1.807) is 0 Å². The summed E-state index contributed by atoms with van der Waals surface area (Å²) >= 11 is 2.81. The predicted molar refractivity (Wildman–Crippen MR) is 51.0 cm³/mol. The van der Waals surface area contributed by atoms with Crippen LogP contribution >= 0.6 is 15.9 Å². The predicted octanol–water partition coefficient (Wildman–Crippen LogP) is 2.61. The Kier molecular flexibility index (Phi) is 2.26. The average Bonchev–Trinajstić information content (AvgIpc) is 2.14. The summed E-state index contributed by atoms with van der Waals surface area (Å²) in [5.74, 6) is -1.54. The molecule has 14 heavy (non-hydrogen) atoms. The topological polar surface area (TPSA) is 29.1 Å². The Morgan fingerprint density at radius 3 is 2.79 bits per heavy atom. The van der Waals surface area contributed by atoms with Crippen molar-refractivity contribution in [3.8, 4) is 0 Å². The third-order valence-corrected chi connectivity index (χ3v) is 2.87. The van der Waals surface area contributed by atoms with E-state index in [2.05, 4.69) is 21.2 Å². The van der Waals surface area contributed by atoms with Gasteiger partial charge in [0, 0.05) is 17.7 Å². The highest BCUT2D eigenvalue weighted by Crippen LogP contribution is 2.32. The lowest BCUT2D eigenvalue weighted by Gasteiger charge is -2.18. The van der Waals surface area contributed by atoms with Gasteiger partial charge in [0.25, 0.3) is 0 Å². The fourth-order valence-corrected chi connectivity index (χ4v) is 1.79. The van der Waals surface area contributed by atoms with Crippen LogP contribution in [0.3, 0.4) is 0 Å². The highest BCUT2D eigenvalue weighted by Gasteiger charge is 2.22. The molecule has 2 nitrogen and oxygen atoms in total. The third-order valence-electron chi connectivity index (χ3n) is 2.14. The maximum atomic E-state index is 13.4. The van der Waals surface area contributed by atoms with Crippen molar-refractivity contribution in [3.63, 3.8) is 0 Å². The van der Waals surface area contributed by atoms with Gasteiger partial charge < -0.3 is 5.32 Å².